The minimum absolute atomic E-state index is 0.00114. The van der Waals surface area contributed by atoms with Crippen LogP contribution in [0, 0.1) is 27.7 Å². The van der Waals surface area contributed by atoms with Gasteiger partial charge in [-0.15, -0.1) is 0 Å². The van der Waals surface area contributed by atoms with Gasteiger partial charge in [0.05, 0.1) is 6.10 Å². The van der Waals surface area contributed by atoms with Gasteiger partial charge < -0.3 is 10.4 Å². The number of carbonyl (C=O) groups excluding carboxylic acids is 1. The molecular weight excluding hydrogens is 238 g/mol. The lowest BCUT2D eigenvalue weighted by atomic mass is 9.91. The van der Waals surface area contributed by atoms with E-state index in [0.717, 1.165) is 23.1 Å². The zero-order chi connectivity index (χ0) is 14.6. The van der Waals surface area contributed by atoms with E-state index in [2.05, 4.69) is 11.4 Å². The van der Waals surface area contributed by atoms with Crippen molar-refractivity contribution in [2.24, 2.45) is 0 Å². The van der Waals surface area contributed by atoms with Crippen LogP contribution in [0.25, 0.3) is 0 Å². The Kier molecular flexibility index (Phi) is 5.55. The average molecular weight is 263 g/mol. The van der Waals surface area contributed by atoms with Crippen molar-refractivity contribution in [3.05, 3.63) is 33.9 Å². The summed E-state index contributed by atoms with van der Waals surface area (Å²) in [5.41, 5.74) is 5.53. The second-order valence-corrected chi connectivity index (χ2v) is 5.24. The Morgan fingerprint density at radius 3 is 2.21 bits per heavy atom. The summed E-state index contributed by atoms with van der Waals surface area (Å²) in [6, 6.07) is 2.14. The molecule has 3 heteroatoms. The first-order valence-electron chi connectivity index (χ1n) is 6.90. The number of aryl methyl sites for hydroxylation is 2. The number of amides is 1. The highest BCUT2D eigenvalue weighted by Crippen LogP contribution is 2.27. The van der Waals surface area contributed by atoms with Crippen molar-refractivity contribution >= 4 is 5.91 Å². The van der Waals surface area contributed by atoms with Gasteiger partial charge in [-0.25, -0.2) is 0 Å². The Labute approximate surface area is 116 Å². The number of nitrogens with one attached hydrogen (secondary N) is 1. The SMILES string of the molecule is CCCC(=O)NCC(O)c1c(C)c(C)cc(C)c1C. The van der Waals surface area contributed by atoms with Crippen molar-refractivity contribution in [1.82, 2.24) is 5.32 Å². The Morgan fingerprint density at radius 1 is 1.21 bits per heavy atom. The number of carbonyl (C=O) groups is 1. The van der Waals surface area contributed by atoms with Crippen LogP contribution >= 0.6 is 0 Å². The molecular formula is C16H25NO2. The number of benzene rings is 1. The van der Waals surface area contributed by atoms with E-state index in [9.17, 15) is 9.90 Å². The van der Waals surface area contributed by atoms with Crippen LogP contribution in [0.15, 0.2) is 6.07 Å². The standard InChI is InChI=1S/C16H25NO2/c1-6-7-15(19)17-9-14(18)16-12(4)10(2)8-11(3)13(16)5/h8,14,18H,6-7,9H2,1-5H3,(H,17,19). The molecule has 1 atom stereocenters. The number of rotatable bonds is 5. The first-order valence-corrected chi connectivity index (χ1v) is 6.90. The zero-order valence-corrected chi connectivity index (χ0v) is 12.6. The van der Waals surface area contributed by atoms with Crippen LogP contribution in [-0.2, 0) is 4.79 Å². The van der Waals surface area contributed by atoms with E-state index in [-0.39, 0.29) is 12.5 Å². The van der Waals surface area contributed by atoms with Crippen molar-refractivity contribution < 1.29 is 9.90 Å². The number of hydrogen-bond acceptors (Lipinski definition) is 2. The molecule has 1 aromatic carbocycles. The van der Waals surface area contributed by atoms with E-state index in [1.54, 1.807) is 0 Å². The summed E-state index contributed by atoms with van der Waals surface area (Å²) in [6.45, 7) is 10.4. The van der Waals surface area contributed by atoms with Crippen molar-refractivity contribution in [1.29, 1.82) is 0 Å². The van der Waals surface area contributed by atoms with E-state index in [0.29, 0.717) is 6.42 Å². The molecule has 0 saturated carbocycles. The van der Waals surface area contributed by atoms with E-state index < -0.39 is 6.10 Å². The molecule has 0 fully saturated rings. The van der Waals surface area contributed by atoms with Crippen molar-refractivity contribution in [2.75, 3.05) is 6.54 Å². The van der Waals surface area contributed by atoms with Gasteiger partial charge in [0.1, 0.15) is 0 Å². The monoisotopic (exact) mass is 263 g/mol. The summed E-state index contributed by atoms with van der Waals surface area (Å²) in [7, 11) is 0. The molecule has 19 heavy (non-hydrogen) atoms. The molecule has 0 aliphatic rings. The topological polar surface area (TPSA) is 49.3 Å². The largest absolute Gasteiger partial charge is 0.387 e. The Hall–Kier alpha value is -1.35. The average Bonchev–Trinajstić information content (AvgIpc) is 2.35. The highest BCUT2D eigenvalue weighted by molar-refractivity contribution is 5.75. The molecule has 0 aromatic heterocycles. The summed E-state index contributed by atoms with van der Waals surface area (Å²) in [6.07, 6.45) is 0.695. The molecule has 1 unspecified atom stereocenters. The fourth-order valence-electron chi connectivity index (χ4n) is 2.38. The van der Waals surface area contributed by atoms with E-state index in [1.165, 1.54) is 11.1 Å². The molecule has 106 valence electrons. The first-order chi connectivity index (χ1) is 8.88. The van der Waals surface area contributed by atoms with Crippen LogP contribution < -0.4 is 5.32 Å². The predicted molar refractivity (Wildman–Crippen MR) is 78.3 cm³/mol. The molecule has 0 bridgehead atoms. The van der Waals surface area contributed by atoms with Gasteiger partial charge in [-0.05, 0) is 61.9 Å². The number of aliphatic hydroxyl groups is 1. The molecule has 1 rings (SSSR count). The molecule has 2 N–H and O–H groups in total. The zero-order valence-electron chi connectivity index (χ0n) is 12.6. The van der Waals surface area contributed by atoms with Crippen molar-refractivity contribution in [3.8, 4) is 0 Å². The van der Waals surface area contributed by atoms with Gasteiger partial charge in [0.2, 0.25) is 5.91 Å². The van der Waals surface area contributed by atoms with Gasteiger partial charge in [-0.1, -0.05) is 13.0 Å². The maximum atomic E-state index is 11.5. The van der Waals surface area contributed by atoms with E-state index in [4.69, 9.17) is 0 Å². The maximum Gasteiger partial charge on any atom is 0.220 e. The van der Waals surface area contributed by atoms with E-state index in [1.807, 2.05) is 34.6 Å². The molecule has 0 aliphatic carbocycles. The van der Waals surface area contributed by atoms with Crippen LogP contribution in [0.5, 0.6) is 0 Å². The van der Waals surface area contributed by atoms with Gasteiger partial charge in [-0.3, -0.25) is 4.79 Å². The fraction of sp³-hybridized carbons (Fsp3) is 0.562. The highest BCUT2D eigenvalue weighted by Gasteiger charge is 2.17. The second kappa shape index (κ2) is 6.71. The minimum atomic E-state index is -0.639. The molecule has 0 radical (unpaired) electrons. The highest BCUT2D eigenvalue weighted by atomic mass is 16.3. The van der Waals surface area contributed by atoms with Crippen molar-refractivity contribution in [2.45, 2.75) is 53.6 Å². The molecule has 0 aliphatic heterocycles. The molecule has 1 aromatic rings. The van der Waals surface area contributed by atoms with Crippen LogP contribution in [-0.4, -0.2) is 17.6 Å². The van der Waals surface area contributed by atoms with Crippen molar-refractivity contribution in [3.63, 3.8) is 0 Å². The summed E-state index contributed by atoms with van der Waals surface area (Å²) in [5, 5.41) is 13.1. The van der Waals surface area contributed by atoms with Crippen LogP contribution in [0.4, 0.5) is 0 Å². The quantitative estimate of drug-likeness (QED) is 0.858. The van der Waals surface area contributed by atoms with Gasteiger partial charge in [0.15, 0.2) is 0 Å². The summed E-state index contributed by atoms with van der Waals surface area (Å²) in [4.78, 5) is 11.5. The minimum Gasteiger partial charge on any atom is -0.387 e. The first kappa shape index (κ1) is 15.7. The third-order valence-electron chi connectivity index (χ3n) is 3.73. The smallest absolute Gasteiger partial charge is 0.220 e. The number of aliphatic hydroxyl groups excluding tert-OH is 1. The van der Waals surface area contributed by atoms with Gasteiger partial charge >= 0.3 is 0 Å². The lowest BCUT2D eigenvalue weighted by molar-refractivity contribution is -0.121. The predicted octanol–water partition coefficient (Wildman–Crippen LogP) is 2.87. The van der Waals surface area contributed by atoms with Gasteiger partial charge in [0.25, 0.3) is 0 Å². The number of hydrogen-bond donors (Lipinski definition) is 2. The maximum absolute atomic E-state index is 11.5. The van der Waals surface area contributed by atoms with E-state index >= 15 is 0 Å². The Bertz CT molecular complexity index is 440. The molecule has 0 heterocycles. The van der Waals surface area contributed by atoms with Crippen LogP contribution in [0.1, 0.15) is 53.7 Å². The summed E-state index contributed by atoms with van der Waals surface area (Å²) >= 11 is 0. The fourth-order valence-corrected chi connectivity index (χ4v) is 2.38. The third-order valence-corrected chi connectivity index (χ3v) is 3.73. The molecule has 3 nitrogen and oxygen atoms in total. The lowest BCUT2D eigenvalue weighted by Crippen LogP contribution is -2.28. The summed E-state index contributed by atoms with van der Waals surface area (Å²) in [5.74, 6) is 0.00114. The van der Waals surface area contributed by atoms with Gasteiger partial charge in [0, 0.05) is 13.0 Å². The Balaban J connectivity index is 2.88. The molecule has 0 saturated heterocycles. The Morgan fingerprint density at radius 2 is 1.74 bits per heavy atom. The molecule has 0 spiro atoms. The van der Waals surface area contributed by atoms with Crippen LogP contribution in [0.2, 0.25) is 0 Å². The lowest BCUT2D eigenvalue weighted by Gasteiger charge is -2.20. The normalized spacial score (nSPS) is 12.3. The third kappa shape index (κ3) is 3.80. The van der Waals surface area contributed by atoms with Gasteiger partial charge in [-0.2, -0.15) is 0 Å². The van der Waals surface area contributed by atoms with Crippen LogP contribution in [0.3, 0.4) is 0 Å². The summed E-state index contributed by atoms with van der Waals surface area (Å²) < 4.78 is 0. The second-order valence-electron chi connectivity index (χ2n) is 5.24. The molecule has 1 amide bonds.